The fraction of sp³-hybridized carbons (Fsp3) is 0.273. The van der Waals surface area contributed by atoms with Crippen molar-refractivity contribution < 1.29 is 36.2 Å². The van der Waals surface area contributed by atoms with Crippen molar-refractivity contribution >= 4 is 5.97 Å². The third-order valence-electron chi connectivity index (χ3n) is 2.10. The smallest absolute Gasteiger partial charge is 0.465 e. The lowest BCUT2D eigenvalue weighted by Gasteiger charge is -2.16. The summed E-state index contributed by atoms with van der Waals surface area (Å²) in [7, 11) is 0.848. The van der Waals surface area contributed by atoms with Crippen molar-refractivity contribution in [2.45, 2.75) is 12.8 Å². The van der Waals surface area contributed by atoms with Gasteiger partial charge >= 0.3 is 12.3 Å². The average molecular weight is 295 g/mol. The Morgan fingerprint density at radius 3 is 2.35 bits per heavy atom. The SMILES string of the molecule is COC(=O)c1cc(C#N)cc(C(F)F)c1OC(F)(F)F. The predicted molar refractivity (Wildman–Crippen MR) is 54.1 cm³/mol. The van der Waals surface area contributed by atoms with Gasteiger partial charge in [-0.15, -0.1) is 13.2 Å². The Balaban J connectivity index is 3.57. The van der Waals surface area contributed by atoms with E-state index < -0.39 is 41.2 Å². The van der Waals surface area contributed by atoms with Gasteiger partial charge in [-0.25, -0.2) is 13.6 Å². The van der Waals surface area contributed by atoms with Gasteiger partial charge in [0.15, 0.2) is 5.75 Å². The number of nitriles is 1. The first kappa shape index (κ1) is 15.7. The number of benzene rings is 1. The molecule has 0 aliphatic rings. The highest BCUT2D eigenvalue weighted by atomic mass is 19.4. The minimum atomic E-state index is -5.28. The molecule has 0 unspecified atom stereocenters. The topological polar surface area (TPSA) is 59.3 Å². The number of alkyl halides is 5. The third kappa shape index (κ3) is 3.57. The molecule has 0 N–H and O–H groups in total. The molecule has 0 bridgehead atoms. The molecule has 0 fully saturated rings. The molecule has 0 atom stereocenters. The van der Waals surface area contributed by atoms with Gasteiger partial charge in [0.05, 0.1) is 24.3 Å². The lowest BCUT2D eigenvalue weighted by atomic mass is 10.0. The molecule has 0 aromatic heterocycles. The molecule has 0 saturated heterocycles. The van der Waals surface area contributed by atoms with Crippen LogP contribution in [0.25, 0.3) is 0 Å². The number of methoxy groups -OCH3 is 1. The summed E-state index contributed by atoms with van der Waals surface area (Å²) in [6.45, 7) is 0. The molecule has 0 radical (unpaired) electrons. The van der Waals surface area contributed by atoms with Gasteiger partial charge in [-0.05, 0) is 12.1 Å². The molecule has 1 rings (SSSR count). The van der Waals surface area contributed by atoms with Gasteiger partial charge in [0.2, 0.25) is 0 Å². The largest absolute Gasteiger partial charge is 0.573 e. The summed E-state index contributed by atoms with van der Waals surface area (Å²) >= 11 is 0. The maximum Gasteiger partial charge on any atom is 0.573 e. The average Bonchev–Trinajstić information content (AvgIpc) is 2.35. The molecule has 1 aromatic carbocycles. The molecule has 0 heterocycles. The van der Waals surface area contributed by atoms with Gasteiger partial charge < -0.3 is 9.47 Å². The number of carbonyl (C=O) groups excluding carboxylic acids is 1. The number of ether oxygens (including phenoxy) is 2. The van der Waals surface area contributed by atoms with Crippen LogP contribution in [0.15, 0.2) is 12.1 Å². The van der Waals surface area contributed by atoms with E-state index in [9.17, 15) is 26.7 Å². The monoisotopic (exact) mass is 295 g/mol. The quantitative estimate of drug-likeness (QED) is 0.634. The van der Waals surface area contributed by atoms with Crippen LogP contribution >= 0.6 is 0 Å². The predicted octanol–water partition coefficient (Wildman–Crippen LogP) is 3.18. The van der Waals surface area contributed by atoms with Crippen molar-refractivity contribution in [2.24, 2.45) is 0 Å². The van der Waals surface area contributed by atoms with Crippen LogP contribution in [-0.4, -0.2) is 19.4 Å². The summed E-state index contributed by atoms with van der Waals surface area (Å²) in [4.78, 5) is 11.3. The van der Waals surface area contributed by atoms with E-state index >= 15 is 0 Å². The van der Waals surface area contributed by atoms with Gasteiger partial charge in [0.1, 0.15) is 5.56 Å². The summed E-state index contributed by atoms with van der Waals surface area (Å²) in [5, 5.41) is 8.64. The molecule has 9 heteroatoms. The van der Waals surface area contributed by atoms with E-state index in [1.165, 1.54) is 6.07 Å². The zero-order valence-corrected chi connectivity index (χ0v) is 9.79. The van der Waals surface area contributed by atoms with Crippen molar-refractivity contribution in [3.63, 3.8) is 0 Å². The third-order valence-corrected chi connectivity index (χ3v) is 2.10. The molecule has 0 amide bonds. The van der Waals surface area contributed by atoms with Crippen LogP contribution in [0.4, 0.5) is 22.0 Å². The van der Waals surface area contributed by atoms with E-state index in [0.717, 1.165) is 7.11 Å². The van der Waals surface area contributed by atoms with Crippen LogP contribution in [0.5, 0.6) is 5.75 Å². The fourth-order valence-corrected chi connectivity index (χ4v) is 1.37. The molecular weight excluding hydrogens is 289 g/mol. The Bertz CT molecular complexity index is 562. The van der Waals surface area contributed by atoms with E-state index in [1.807, 2.05) is 0 Å². The first-order chi connectivity index (χ1) is 9.19. The number of nitrogens with zero attached hydrogens (tertiary/aromatic N) is 1. The number of halogens is 5. The normalized spacial score (nSPS) is 11.1. The molecule has 4 nitrogen and oxygen atoms in total. The van der Waals surface area contributed by atoms with E-state index in [1.54, 1.807) is 0 Å². The Kier molecular flexibility index (Phi) is 4.49. The van der Waals surface area contributed by atoms with Crippen molar-refractivity contribution in [1.82, 2.24) is 0 Å². The summed E-state index contributed by atoms with van der Waals surface area (Å²) < 4.78 is 69.8. The van der Waals surface area contributed by atoms with Gasteiger partial charge in [-0.3, -0.25) is 0 Å². The van der Waals surface area contributed by atoms with Gasteiger partial charge in [-0.1, -0.05) is 0 Å². The minimum absolute atomic E-state index is 0.421. The van der Waals surface area contributed by atoms with E-state index in [2.05, 4.69) is 9.47 Å². The number of rotatable bonds is 3. The molecule has 20 heavy (non-hydrogen) atoms. The molecule has 0 spiro atoms. The highest BCUT2D eigenvalue weighted by Gasteiger charge is 2.36. The second-order valence-electron chi connectivity index (χ2n) is 3.39. The summed E-state index contributed by atoms with van der Waals surface area (Å²) in [6, 6.07) is 2.65. The summed E-state index contributed by atoms with van der Waals surface area (Å²) in [6.07, 6.45) is -8.65. The number of carbonyl (C=O) groups is 1. The lowest BCUT2D eigenvalue weighted by molar-refractivity contribution is -0.275. The minimum Gasteiger partial charge on any atom is -0.465 e. The first-order valence-corrected chi connectivity index (χ1v) is 4.90. The van der Waals surface area contributed by atoms with E-state index in [-0.39, 0.29) is 0 Å². The van der Waals surface area contributed by atoms with Crippen LogP contribution in [0.3, 0.4) is 0 Å². The fourth-order valence-electron chi connectivity index (χ4n) is 1.37. The molecule has 1 aromatic rings. The van der Waals surface area contributed by atoms with Crippen LogP contribution in [0.1, 0.15) is 27.9 Å². The van der Waals surface area contributed by atoms with Crippen molar-refractivity contribution in [3.05, 3.63) is 28.8 Å². The van der Waals surface area contributed by atoms with E-state index in [4.69, 9.17) is 5.26 Å². The van der Waals surface area contributed by atoms with Crippen LogP contribution < -0.4 is 4.74 Å². The second-order valence-corrected chi connectivity index (χ2v) is 3.39. The van der Waals surface area contributed by atoms with Crippen molar-refractivity contribution in [1.29, 1.82) is 5.26 Å². The number of esters is 1. The van der Waals surface area contributed by atoms with E-state index in [0.29, 0.717) is 12.1 Å². The summed E-state index contributed by atoms with van der Waals surface area (Å²) in [5.74, 6) is -2.71. The van der Waals surface area contributed by atoms with Crippen molar-refractivity contribution in [3.8, 4) is 11.8 Å². The lowest BCUT2D eigenvalue weighted by Crippen LogP contribution is -2.21. The second kappa shape index (κ2) is 5.73. The molecule has 108 valence electrons. The Labute approximate surface area is 109 Å². The number of hydrogen-bond acceptors (Lipinski definition) is 4. The Morgan fingerprint density at radius 1 is 1.35 bits per heavy atom. The molecule has 0 saturated carbocycles. The zero-order valence-electron chi connectivity index (χ0n) is 9.79. The maximum atomic E-state index is 12.8. The highest BCUT2D eigenvalue weighted by molar-refractivity contribution is 5.93. The van der Waals surface area contributed by atoms with Crippen LogP contribution in [0, 0.1) is 11.3 Å². The molecule has 0 aliphatic carbocycles. The van der Waals surface area contributed by atoms with Crippen LogP contribution in [0.2, 0.25) is 0 Å². The van der Waals surface area contributed by atoms with Crippen molar-refractivity contribution in [2.75, 3.05) is 7.11 Å². The zero-order chi connectivity index (χ0) is 15.5. The summed E-state index contributed by atoms with van der Waals surface area (Å²) in [5.41, 5.74) is -2.55. The van der Waals surface area contributed by atoms with Gasteiger partial charge in [0.25, 0.3) is 6.43 Å². The first-order valence-electron chi connectivity index (χ1n) is 4.90. The maximum absolute atomic E-state index is 12.8. The van der Waals surface area contributed by atoms with Gasteiger partial charge in [-0.2, -0.15) is 5.26 Å². The van der Waals surface area contributed by atoms with Crippen LogP contribution in [-0.2, 0) is 4.74 Å². The number of hydrogen-bond donors (Lipinski definition) is 0. The Morgan fingerprint density at radius 2 is 1.95 bits per heavy atom. The molecular formula is C11H6F5NO3. The van der Waals surface area contributed by atoms with Gasteiger partial charge in [0, 0.05) is 0 Å². The highest BCUT2D eigenvalue weighted by Crippen LogP contribution is 2.37. The molecule has 0 aliphatic heterocycles. The Hall–Kier alpha value is -2.37. The standard InChI is InChI=1S/C11H6F5NO3/c1-19-10(18)7-3-5(4-17)2-6(9(12)13)8(7)20-11(14,15)16/h2-3,9H,1H3.